The molecule has 0 atom stereocenters. The maximum Gasteiger partial charge on any atom is 0.0728 e. The highest BCUT2D eigenvalue weighted by Crippen LogP contribution is 2.32. The first-order chi connectivity index (χ1) is 7.65. The van der Waals surface area contributed by atoms with E-state index in [-0.39, 0.29) is 0 Å². The third-order valence-electron chi connectivity index (χ3n) is 2.75. The highest BCUT2D eigenvalue weighted by Gasteiger charge is 2.09. The Kier molecular flexibility index (Phi) is 3.15. The summed E-state index contributed by atoms with van der Waals surface area (Å²) in [6.07, 6.45) is 1.85. The van der Waals surface area contributed by atoms with Crippen molar-refractivity contribution in [1.29, 1.82) is 0 Å². The lowest BCUT2D eigenvalue weighted by Crippen LogP contribution is -1.99. The monoisotopic (exact) mass is 278 g/mol. The molecule has 0 aliphatic carbocycles. The molecule has 2 aromatic rings. The Morgan fingerprint density at radius 2 is 2.12 bits per heavy atom. The van der Waals surface area contributed by atoms with Crippen molar-refractivity contribution in [2.45, 2.75) is 20.8 Å². The molecule has 16 heavy (non-hydrogen) atoms. The number of nitrogens with one attached hydrogen (secondary N) is 1. The Balaban J connectivity index is 2.80. The number of hydrogen-bond donors (Lipinski definition) is 1. The van der Waals surface area contributed by atoms with Crippen molar-refractivity contribution < 1.29 is 0 Å². The summed E-state index contributed by atoms with van der Waals surface area (Å²) >= 11 is 3.63. The number of benzene rings is 1. The topological polar surface area (TPSA) is 24.9 Å². The van der Waals surface area contributed by atoms with Gasteiger partial charge in [0.05, 0.1) is 5.52 Å². The van der Waals surface area contributed by atoms with Crippen molar-refractivity contribution in [1.82, 2.24) is 4.98 Å². The summed E-state index contributed by atoms with van der Waals surface area (Å²) in [4.78, 5) is 4.43. The first kappa shape index (κ1) is 11.4. The van der Waals surface area contributed by atoms with Gasteiger partial charge in [0.25, 0.3) is 0 Å². The summed E-state index contributed by atoms with van der Waals surface area (Å²) < 4.78 is 1.17. The van der Waals surface area contributed by atoms with Gasteiger partial charge in [0.1, 0.15) is 0 Å². The van der Waals surface area contributed by atoms with Crippen LogP contribution in [0, 0.1) is 13.8 Å². The van der Waals surface area contributed by atoms with E-state index in [1.807, 2.05) is 12.3 Å². The fourth-order valence-electron chi connectivity index (χ4n) is 1.99. The van der Waals surface area contributed by atoms with Crippen LogP contribution in [0.15, 0.2) is 22.8 Å². The van der Waals surface area contributed by atoms with E-state index in [1.54, 1.807) is 0 Å². The van der Waals surface area contributed by atoms with Gasteiger partial charge in [-0.15, -0.1) is 0 Å². The van der Waals surface area contributed by atoms with Crippen molar-refractivity contribution in [3.05, 3.63) is 33.9 Å². The second kappa shape index (κ2) is 4.42. The molecule has 1 heterocycles. The van der Waals surface area contributed by atoms with Crippen molar-refractivity contribution in [3.8, 4) is 0 Å². The quantitative estimate of drug-likeness (QED) is 0.897. The molecule has 3 heteroatoms. The predicted molar refractivity (Wildman–Crippen MR) is 73.1 cm³/mol. The summed E-state index contributed by atoms with van der Waals surface area (Å²) in [7, 11) is 0. The van der Waals surface area contributed by atoms with Crippen LogP contribution in [0.1, 0.15) is 18.1 Å². The molecule has 0 bridgehead atoms. The van der Waals surface area contributed by atoms with Crippen LogP contribution in [0.3, 0.4) is 0 Å². The van der Waals surface area contributed by atoms with Crippen molar-refractivity contribution in [3.63, 3.8) is 0 Å². The zero-order valence-electron chi connectivity index (χ0n) is 9.76. The number of halogens is 1. The minimum absolute atomic E-state index is 0.921. The SMILES string of the molecule is CCNc1ccnc2cc(C)c(Br)c(C)c12. The van der Waals surface area contributed by atoms with Crippen LogP contribution in [-0.4, -0.2) is 11.5 Å². The number of nitrogens with zero attached hydrogens (tertiary/aromatic N) is 1. The van der Waals surface area contributed by atoms with Gasteiger partial charge in [-0.2, -0.15) is 0 Å². The molecule has 2 nitrogen and oxygen atoms in total. The van der Waals surface area contributed by atoms with Gasteiger partial charge >= 0.3 is 0 Å². The number of aryl methyl sites for hydroxylation is 2. The fraction of sp³-hybridized carbons (Fsp3) is 0.308. The standard InChI is InChI=1S/C13H15BrN2/c1-4-15-10-5-6-16-11-7-8(2)13(14)9(3)12(10)11/h5-7H,4H2,1-3H3,(H,15,16). The van der Waals surface area contributed by atoms with Crippen LogP contribution in [-0.2, 0) is 0 Å². The molecule has 0 fully saturated rings. The molecule has 0 spiro atoms. The van der Waals surface area contributed by atoms with E-state index in [1.165, 1.54) is 21.0 Å². The second-order valence-corrected chi connectivity index (χ2v) is 4.71. The molecule has 1 aromatic heterocycles. The van der Waals surface area contributed by atoms with Gasteiger partial charge in [-0.1, -0.05) is 15.9 Å². The fourth-order valence-corrected chi connectivity index (χ4v) is 2.31. The lowest BCUT2D eigenvalue weighted by atomic mass is 10.0. The number of aromatic nitrogens is 1. The average molecular weight is 279 g/mol. The minimum atomic E-state index is 0.921. The van der Waals surface area contributed by atoms with E-state index in [0.29, 0.717) is 0 Å². The Labute approximate surface area is 104 Å². The number of fused-ring (bicyclic) bond motifs is 1. The summed E-state index contributed by atoms with van der Waals surface area (Å²) in [5.41, 5.74) is 4.69. The molecule has 0 aliphatic heterocycles. The second-order valence-electron chi connectivity index (χ2n) is 3.92. The van der Waals surface area contributed by atoms with Crippen molar-refractivity contribution in [2.24, 2.45) is 0 Å². The van der Waals surface area contributed by atoms with Gasteiger partial charge in [0, 0.05) is 28.3 Å². The van der Waals surface area contributed by atoms with Gasteiger partial charge in [0.2, 0.25) is 0 Å². The molecule has 84 valence electrons. The largest absolute Gasteiger partial charge is 0.385 e. The molecule has 0 unspecified atom stereocenters. The van der Waals surface area contributed by atoms with Crippen LogP contribution >= 0.6 is 15.9 Å². The van der Waals surface area contributed by atoms with Crippen LogP contribution < -0.4 is 5.32 Å². The molecule has 1 aromatic carbocycles. The van der Waals surface area contributed by atoms with E-state index in [4.69, 9.17) is 0 Å². The van der Waals surface area contributed by atoms with Crippen LogP contribution in [0.25, 0.3) is 10.9 Å². The molecule has 0 aliphatic rings. The van der Waals surface area contributed by atoms with Gasteiger partial charge in [-0.3, -0.25) is 4.98 Å². The van der Waals surface area contributed by atoms with Crippen LogP contribution in [0.5, 0.6) is 0 Å². The Hall–Kier alpha value is -1.09. The maximum absolute atomic E-state index is 4.43. The number of pyridine rings is 1. The van der Waals surface area contributed by atoms with Crippen molar-refractivity contribution in [2.75, 3.05) is 11.9 Å². The Bertz CT molecular complexity index is 535. The van der Waals surface area contributed by atoms with Gasteiger partial charge in [-0.25, -0.2) is 0 Å². The lowest BCUT2D eigenvalue weighted by Gasteiger charge is -2.12. The van der Waals surface area contributed by atoms with E-state index < -0.39 is 0 Å². The number of rotatable bonds is 2. The lowest BCUT2D eigenvalue weighted by molar-refractivity contribution is 1.21. The molecule has 0 saturated heterocycles. The van der Waals surface area contributed by atoms with E-state index >= 15 is 0 Å². The van der Waals surface area contributed by atoms with Crippen molar-refractivity contribution >= 4 is 32.5 Å². The predicted octanol–water partition coefficient (Wildman–Crippen LogP) is 4.05. The molecule has 2 rings (SSSR count). The number of hydrogen-bond acceptors (Lipinski definition) is 2. The van der Waals surface area contributed by atoms with Gasteiger partial charge in [-0.05, 0) is 44.0 Å². The third-order valence-corrected chi connectivity index (χ3v) is 3.97. The van der Waals surface area contributed by atoms with Crippen LogP contribution in [0.4, 0.5) is 5.69 Å². The Morgan fingerprint density at radius 1 is 1.38 bits per heavy atom. The first-order valence-electron chi connectivity index (χ1n) is 5.43. The molecule has 1 N–H and O–H groups in total. The summed E-state index contributed by atoms with van der Waals surface area (Å²) in [5.74, 6) is 0. The average Bonchev–Trinajstić information content (AvgIpc) is 2.26. The van der Waals surface area contributed by atoms with Gasteiger partial charge < -0.3 is 5.32 Å². The summed E-state index contributed by atoms with van der Waals surface area (Å²) in [5, 5.41) is 4.59. The van der Waals surface area contributed by atoms with E-state index in [0.717, 1.165) is 17.7 Å². The third kappa shape index (κ3) is 1.80. The molecule has 0 radical (unpaired) electrons. The Morgan fingerprint density at radius 3 is 2.81 bits per heavy atom. The van der Waals surface area contributed by atoms with Crippen LogP contribution in [0.2, 0.25) is 0 Å². The molecular weight excluding hydrogens is 264 g/mol. The van der Waals surface area contributed by atoms with E-state index in [9.17, 15) is 0 Å². The zero-order chi connectivity index (χ0) is 11.7. The summed E-state index contributed by atoms with van der Waals surface area (Å²) in [6, 6.07) is 4.15. The molecular formula is C13H15BrN2. The highest BCUT2D eigenvalue weighted by atomic mass is 79.9. The maximum atomic E-state index is 4.43. The smallest absolute Gasteiger partial charge is 0.0728 e. The highest BCUT2D eigenvalue weighted by molar-refractivity contribution is 9.10. The normalized spacial score (nSPS) is 10.8. The zero-order valence-corrected chi connectivity index (χ0v) is 11.4. The molecule has 0 amide bonds. The first-order valence-corrected chi connectivity index (χ1v) is 6.22. The van der Waals surface area contributed by atoms with Gasteiger partial charge in [0.15, 0.2) is 0 Å². The number of anilines is 1. The van der Waals surface area contributed by atoms with E-state index in [2.05, 4.69) is 53.1 Å². The molecule has 0 saturated carbocycles. The summed E-state index contributed by atoms with van der Waals surface area (Å²) in [6.45, 7) is 7.24. The minimum Gasteiger partial charge on any atom is -0.385 e.